The van der Waals surface area contributed by atoms with Crippen LogP contribution in [0.3, 0.4) is 0 Å². The number of carbonyl (C=O) groups excluding carboxylic acids is 1. The van der Waals surface area contributed by atoms with Crippen molar-refractivity contribution in [2.45, 2.75) is 43.9 Å². The maximum atomic E-state index is 12.3. The fraction of sp³-hybridized carbons (Fsp3) is 0.632. The molecule has 1 aromatic carbocycles. The maximum Gasteiger partial charge on any atom is 0.225 e. The number of hydrogen-bond acceptors (Lipinski definition) is 5. The van der Waals surface area contributed by atoms with Crippen molar-refractivity contribution in [3.8, 4) is 0 Å². The molecule has 0 bridgehead atoms. The fourth-order valence-electron chi connectivity index (χ4n) is 3.64. The second-order valence-electron chi connectivity index (χ2n) is 7.16. The number of carbonyl (C=O) groups is 1. The summed E-state index contributed by atoms with van der Waals surface area (Å²) in [6.45, 7) is 3.08. The van der Waals surface area contributed by atoms with Gasteiger partial charge in [-0.2, -0.15) is 11.8 Å². The average Bonchev–Trinajstić information content (AvgIpc) is 3.17. The van der Waals surface area contributed by atoms with Gasteiger partial charge in [-0.05, 0) is 30.5 Å². The third-order valence-corrected chi connectivity index (χ3v) is 8.35. The average molecular weight is 397 g/mol. The number of nitrogens with one attached hydrogen (secondary N) is 1. The molecule has 0 aromatic heterocycles. The zero-order valence-corrected chi connectivity index (χ0v) is 16.8. The van der Waals surface area contributed by atoms with Crippen LogP contribution in [0.15, 0.2) is 24.3 Å². The SMILES string of the molecule is O=C(CCS(=O)(=O)C1CCCC1)Nc1cccc(CN2CCSCC2)c1. The summed E-state index contributed by atoms with van der Waals surface area (Å²) in [6, 6.07) is 7.87. The molecule has 0 radical (unpaired) electrons. The van der Waals surface area contributed by atoms with Crippen LogP contribution in [0.4, 0.5) is 5.69 Å². The van der Waals surface area contributed by atoms with Crippen LogP contribution >= 0.6 is 11.8 Å². The van der Waals surface area contributed by atoms with Gasteiger partial charge in [0, 0.05) is 43.2 Å². The van der Waals surface area contributed by atoms with E-state index in [1.807, 2.05) is 30.0 Å². The molecule has 144 valence electrons. The first-order chi connectivity index (χ1) is 12.5. The van der Waals surface area contributed by atoms with E-state index in [0.29, 0.717) is 0 Å². The van der Waals surface area contributed by atoms with E-state index in [2.05, 4.69) is 16.3 Å². The van der Waals surface area contributed by atoms with Crippen molar-refractivity contribution in [1.29, 1.82) is 0 Å². The Balaban J connectivity index is 1.50. The van der Waals surface area contributed by atoms with Crippen LogP contribution < -0.4 is 5.32 Å². The van der Waals surface area contributed by atoms with Crippen LogP contribution in [0.25, 0.3) is 0 Å². The highest BCUT2D eigenvalue weighted by molar-refractivity contribution is 7.99. The fourth-order valence-corrected chi connectivity index (χ4v) is 6.47. The maximum absolute atomic E-state index is 12.3. The van der Waals surface area contributed by atoms with E-state index < -0.39 is 9.84 Å². The van der Waals surface area contributed by atoms with Crippen LogP contribution in [0.1, 0.15) is 37.7 Å². The molecule has 1 aliphatic heterocycles. The Morgan fingerprint density at radius 2 is 1.92 bits per heavy atom. The van der Waals surface area contributed by atoms with Gasteiger partial charge in [0.15, 0.2) is 9.84 Å². The van der Waals surface area contributed by atoms with Gasteiger partial charge in [-0.15, -0.1) is 0 Å². The van der Waals surface area contributed by atoms with Crippen molar-refractivity contribution in [2.75, 3.05) is 35.7 Å². The highest BCUT2D eigenvalue weighted by Gasteiger charge is 2.28. The molecule has 1 saturated carbocycles. The molecule has 2 fully saturated rings. The van der Waals surface area contributed by atoms with Gasteiger partial charge in [0.1, 0.15) is 0 Å². The number of sulfone groups is 1. The molecule has 1 aliphatic carbocycles. The number of rotatable bonds is 7. The van der Waals surface area contributed by atoms with E-state index >= 15 is 0 Å². The summed E-state index contributed by atoms with van der Waals surface area (Å²) in [4.78, 5) is 14.6. The van der Waals surface area contributed by atoms with Gasteiger partial charge in [0.2, 0.25) is 5.91 Å². The van der Waals surface area contributed by atoms with Crippen LogP contribution in [0, 0.1) is 0 Å². The zero-order chi connectivity index (χ0) is 18.4. The minimum Gasteiger partial charge on any atom is -0.326 e. The van der Waals surface area contributed by atoms with E-state index in [0.717, 1.165) is 51.0 Å². The molecule has 1 saturated heterocycles. The van der Waals surface area contributed by atoms with Gasteiger partial charge < -0.3 is 5.32 Å². The van der Waals surface area contributed by atoms with Crippen molar-refractivity contribution in [3.63, 3.8) is 0 Å². The number of thioether (sulfide) groups is 1. The molecule has 26 heavy (non-hydrogen) atoms. The van der Waals surface area contributed by atoms with Gasteiger partial charge in [-0.1, -0.05) is 25.0 Å². The Bertz CT molecular complexity index is 709. The lowest BCUT2D eigenvalue weighted by atomic mass is 10.2. The van der Waals surface area contributed by atoms with Crippen LogP contribution in [-0.2, 0) is 21.2 Å². The molecule has 3 rings (SSSR count). The summed E-state index contributed by atoms with van der Waals surface area (Å²) < 4.78 is 24.6. The monoisotopic (exact) mass is 396 g/mol. The Kier molecular flexibility index (Phi) is 7.00. The first-order valence-corrected chi connectivity index (χ1v) is 12.3. The second kappa shape index (κ2) is 9.24. The Labute approximate surface area is 160 Å². The normalized spacial score (nSPS) is 19.5. The van der Waals surface area contributed by atoms with E-state index in [1.54, 1.807) is 0 Å². The Morgan fingerprint density at radius 1 is 1.19 bits per heavy atom. The summed E-state index contributed by atoms with van der Waals surface area (Å²) in [5, 5.41) is 2.62. The number of hydrogen-bond donors (Lipinski definition) is 1. The van der Waals surface area contributed by atoms with Gasteiger partial charge in [-0.3, -0.25) is 9.69 Å². The van der Waals surface area contributed by atoms with Gasteiger partial charge in [0.05, 0.1) is 11.0 Å². The second-order valence-corrected chi connectivity index (χ2v) is 10.8. The summed E-state index contributed by atoms with van der Waals surface area (Å²) in [7, 11) is -3.14. The van der Waals surface area contributed by atoms with Crippen molar-refractivity contribution in [2.24, 2.45) is 0 Å². The van der Waals surface area contributed by atoms with E-state index in [9.17, 15) is 13.2 Å². The van der Waals surface area contributed by atoms with Crippen LogP contribution in [0.5, 0.6) is 0 Å². The number of amides is 1. The van der Waals surface area contributed by atoms with E-state index in [-0.39, 0.29) is 23.3 Å². The number of anilines is 1. The molecule has 5 nitrogen and oxygen atoms in total. The summed E-state index contributed by atoms with van der Waals surface area (Å²) in [5.41, 5.74) is 1.92. The highest BCUT2D eigenvalue weighted by atomic mass is 32.2. The molecule has 1 aromatic rings. The molecule has 2 aliphatic rings. The summed E-state index contributed by atoms with van der Waals surface area (Å²) >= 11 is 1.99. The molecule has 1 N–H and O–H groups in total. The minimum atomic E-state index is -3.14. The lowest BCUT2D eigenvalue weighted by Gasteiger charge is -2.26. The highest BCUT2D eigenvalue weighted by Crippen LogP contribution is 2.25. The molecular formula is C19H28N2O3S2. The minimum absolute atomic E-state index is 0.0341. The quantitative estimate of drug-likeness (QED) is 0.768. The van der Waals surface area contributed by atoms with E-state index in [4.69, 9.17) is 0 Å². The largest absolute Gasteiger partial charge is 0.326 e. The van der Waals surface area contributed by atoms with Crippen LogP contribution in [0.2, 0.25) is 0 Å². The lowest BCUT2D eigenvalue weighted by molar-refractivity contribution is -0.115. The summed E-state index contributed by atoms with van der Waals surface area (Å²) in [6.07, 6.45) is 3.51. The first kappa shape index (κ1) is 19.7. The third-order valence-electron chi connectivity index (χ3n) is 5.14. The van der Waals surface area contributed by atoms with Crippen molar-refractivity contribution < 1.29 is 13.2 Å². The number of benzene rings is 1. The van der Waals surface area contributed by atoms with Crippen molar-refractivity contribution in [1.82, 2.24) is 4.90 Å². The topological polar surface area (TPSA) is 66.5 Å². The van der Waals surface area contributed by atoms with E-state index in [1.165, 1.54) is 17.1 Å². The molecule has 0 spiro atoms. The molecule has 0 atom stereocenters. The Hall–Kier alpha value is -1.05. The van der Waals surface area contributed by atoms with Gasteiger partial charge in [0.25, 0.3) is 0 Å². The molecule has 1 amide bonds. The molecule has 0 unspecified atom stereocenters. The van der Waals surface area contributed by atoms with Gasteiger partial charge in [-0.25, -0.2) is 8.42 Å². The molecule has 7 heteroatoms. The zero-order valence-electron chi connectivity index (χ0n) is 15.2. The third kappa shape index (κ3) is 5.72. The van der Waals surface area contributed by atoms with Crippen molar-refractivity contribution in [3.05, 3.63) is 29.8 Å². The van der Waals surface area contributed by atoms with Crippen molar-refractivity contribution >= 4 is 33.2 Å². The Morgan fingerprint density at radius 3 is 2.65 bits per heavy atom. The predicted octanol–water partition coefficient (Wildman–Crippen LogP) is 2.92. The predicted molar refractivity (Wildman–Crippen MR) is 108 cm³/mol. The standard InChI is InChI=1S/C19H28N2O3S2/c22-19(8-13-26(23,24)18-6-1-2-7-18)20-17-5-3-4-16(14-17)15-21-9-11-25-12-10-21/h3-5,14,18H,1-2,6-13,15H2,(H,20,22). The molecule has 1 heterocycles. The van der Waals surface area contributed by atoms with Crippen LogP contribution in [-0.4, -0.2) is 54.8 Å². The van der Waals surface area contributed by atoms with Gasteiger partial charge >= 0.3 is 0 Å². The first-order valence-electron chi connectivity index (χ1n) is 9.43. The molecular weight excluding hydrogens is 368 g/mol. The lowest BCUT2D eigenvalue weighted by Crippen LogP contribution is -2.31. The summed E-state index contributed by atoms with van der Waals surface area (Å²) in [5.74, 6) is 2.07. The number of nitrogens with zero attached hydrogens (tertiary/aromatic N) is 1. The smallest absolute Gasteiger partial charge is 0.225 e.